The SMILES string of the molecule is C[C@H]1OO[C@@H](CC(=O)OC2C3CC4CC(C3)CC2C4)[C@H]2O[C@H]21. The van der Waals surface area contributed by atoms with Gasteiger partial charge in [-0.3, -0.25) is 4.79 Å². The van der Waals surface area contributed by atoms with Gasteiger partial charge in [0.05, 0.1) is 6.42 Å². The van der Waals surface area contributed by atoms with Gasteiger partial charge in [0.1, 0.15) is 30.5 Å². The lowest BCUT2D eigenvalue weighted by molar-refractivity contribution is -0.360. The molecule has 0 aromatic rings. The average Bonchev–Trinajstić information content (AvgIpc) is 3.27. The second-order valence-electron chi connectivity index (χ2n) is 8.09. The van der Waals surface area contributed by atoms with E-state index in [0.717, 1.165) is 11.8 Å². The first-order valence-electron chi connectivity index (χ1n) is 8.84. The highest BCUT2D eigenvalue weighted by Gasteiger charge is 2.55. The fourth-order valence-corrected chi connectivity index (χ4v) is 5.66. The van der Waals surface area contributed by atoms with Crippen molar-refractivity contribution >= 4 is 5.97 Å². The van der Waals surface area contributed by atoms with Crippen LogP contribution < -0.4 is 0 Å². The second kappa shape index (κ2) is 4.92. The van der Waals surface area contributed by atoms with Crippen molar-refractivity contribution in [3.63, 3.8) is 0 Å². The van der Waals surface area contributed by atoms with Crippen molar-refractivity contribution in [1.29, 1.82) is 0 Å². The van der Waals surface area contributed by atoms with Crippen LogP contribution in [0.5, 0.6) is 0 Å². The Labute approximate surface area is 130 Å². The van der Waals surface area contributed by atoms with Gasteiger partial charge in [-0.2, -0.15) is 0 Å². The number of hydrogen-bond acceptors (Lipinski definition) is 5. The number of esters is 1. The quantitative estimate of drug-likeness (QED) is 0.454. The summed E-state index contributed by atoms with van der Waals surface area (Å²) >= 11 is 0. The Kier molecular flexibility index (Phi) is 3.08. The van der Waals surface area contributed by atoms with Crippen LogP contribution in [-0.2, 0) is 24.0 Å². The average molecular weight is 308 g/mol. The van der Waals surface area contributed by atoms with Crippen molar-refractivity contribution in [3.05, 3.63) is 0 Å². The molecule has 4 saturated carbocycles. The summed E-state index contributed by atoms with van der Waals surface area (Å²) in [5.74, 6) is 2.86. The van der Waals surface area contributed by atoms with Gasteiger partial charge in [-0.1, -0.05) is 0 Å². The summed E-state index contributed by atoms with van der Waals surface area (Å²) in [5, 5.41) is 0. The third-order valence-electron chi connectivity index (χ3n) is 6.50. The Morgan fingerprint density at radius 3 is 2.36 bits per heavy atom. The molecule has 5 nitrogen and oxygen atoms in total. The topological polar surface area (TPSA) is 57.3 Å². The first-order chi connectivity index (χ1) is 10.7. The van der Waals surface area contributed by atoms with E-state index in [1.807, 2.05) is 6.92 Å². The summed E-state index contributed by atoms with van der Waals surface area (Å²) < 4.78 is 11.4. The van der Waals surface area contributed by atoms with E-state index in [-0.39, 0.29) is 42.9 Å². The lowest BCUT2D eigenvalue weighted by atomic mass is 9.55. The predicted molar refractivity (Wildman–Crippen MR) is 75.6 cm³/mol. The monoisotopic (exact) mass is 308 g/mol. The molecule has 6 rings (SSSR count). The van der Waals surface area contributed by atoms with E-state index in [0.29, 0.717) is 11.8 Å². The maximum Gasteiger partial charge on any atom is 0.308 e. The second-order valence-corrected chi connectivity index (χ2v) is 8.09. The minimum absolute atomic E-state index is 0.00907. The van der Waals surface area contributed by atoms with E-state index in [4.69, 9.17) is 19.2 Å². The first kappa shape index (κ1) is 13.8. The molecule has 22 heavy (non-hydrogen) atoms. The number of fused-ring (bicyclic) bond motifs is 1. The highest BCUT2D eigenvalue weighted by Crippen LogP contribution is 2.54. The highest BCUT2D eigenvalue weighted by molar-refractivity contribution is 5.70. The van der Waals surface area contributed by atoms with Gasteiger partial charge in [0.15, 0.2) is 0 Å². The number of carbonyl (C=O) groups excluding carboxylic acids is 1. The molecule has 2 aliphatic heterocycles. The summed E-state index contributed by atoms with van der Waals surface area (Å²) in [6, 6.07) is 0. The maximum atomic E-state index is 12.3. The Hall–Kier alpha value is -0.650. The summed E-state index contributed by atoms with van der Waals surface area (Å²) in [4.78, 5) is 22.8. The summed E-state index contributed by atoms with van der Waals surface area (Å²) in [6.45, 7) is 1.92. The van der Waals surface area contributed by atoms with Gasteiger partial charge >= 0.3 is 5.97 Å². The molecule has 0 spiro atoms. The third-order valence-corrected chi connectivity index (χ3v) is 6.50. The maximum absolute atomic E-state index is 12.3. The summed E-state index contributed by atoms with van der Waals surface area (Å²) in [6.07, 6.45) is 6.63. The molecule has 0 amide bonds. The predicted octanol–water partition coefficient (Wildman–Crippen LogP) is 2.23. The Bertz CT molecular complexity index is 450. The van der Waals surface area contributed by atoms with Crippen LogP contribution in [0.15, 0.2) is 0 Å². The van der Waals surface area contributed by atoms with Gasteiger partial charge in [0.2, 0.25) is 0 Å². The van der Waals surface area contributed by atoms with Gasteiger partial charge in [-0.05, 0) is 62.7 Å². The number of epoxide rings is 1. The van der Waals surface area contributed by atoms with Crippen LogP contribution >= 0.6 is 0 Å². The molecular formula is C17H24O5. The van der Waals surface area contributed by atoms with Crippen LogP contribution in [0.2, 0.25) is 0 Å². The van der Waals surface area contributed by atoms with E-state index in [2.05, 4.69) is 0 Å². The zero-order valence-corrected chi connectivity index (χ0v) is 13.0. The number of carbonyl (C=O) groups is 1. The van der Waals surface area contributed by atoms with Crippen molar-refractivity contribution in [2.24, 2.45) is 23.7 Å². The van der Waals surface area contributed by atoms with E-state index in [9.17, 15) is 4.79 Å². The lowest BCUT2D eigenvalue weighted by Gasteiger charge is -2.53. The molecule has 122 valence electrons. The van der Waals surface area contributed by atoms with Crippen molar-refractivity contribution in [3.8, 4) is 0 Å². The van der Waals surface area contributed by atoms with Crippen LogP contribution in [0.4, 0.5) is 0 Å². The molecule has 0 N–H and O–H groups in total. The minimum atomic E-state index is -0.300. The number of ether oxygens (including phenoxy) is 2. The molecule has 0 radical (unpaired) electrons. The zero-order valence-electron chi connectivity index (χ0n) is 13.0. The molecule has 2 heterocycles. The molecule has 0 aromatic carbocycles. The van der Waals surface area contributed by atoms with Crippen LogP contribution in [0.1, 0.15) is 45.4 Å². The minimum Gasteiger partial charge on any atom is -0.462 e. The van der Waals surface area contributed by atoms with Crippen LogP contribution in [0.25, 0.3) is 0 Å². The van der Waals surface area contributed by atoms with Gasteiger partial charge in [-0.15, -0.1) is 0 Å². The molecule has 0 unspecified atom stereocenters. The first-order valence-corrected chi connectivity index (χ1v) is 8.84. The molecule has 6 aliphatic rings. The van der Waals surface area contributed by atoms with Gasteiger partial charge in [-0.25, -0.2) is 9.78 Å². The molecule has 4 atom stereocenters. The van der Waals surface area contributed by atoms with Gasteiger partial charge in [0, 0.05) is 0 Å². The highest BCUT2D eigenvalue weighted by atomic mass is 17.2. The Balaban J connectivity index is 1.19. The van der Waals surface area contributed by atoms with Crippen molar-refractivity contribution in [1.82, 2.24) is 0 Å². The lowest BCUT2D eigenvalue weighted by Crippen LogP contribution is -2.50. The van der Waals surface area contributed by atoms with Crippen molar-refractivity contribution in [2.45, 2.75) is 76.0 Å². The summed E-state index contributed by atoms with van der Waals surface area (Å²) in [5.41, 5.74) is 0. The molecule has 6 fully saturated rings. The normalized spacial score (nSPS) is 54.9. The number of rotatable bonds is 3. The summed E-state index contributed by atoms with van der Waals surface area (Å²) in [7, 11) is 0. The Morgan fingerprint density at radius 1 is 1.00 bits per heavy atom. The largest absolute Gasteiger partial charge is 0.462 e. The van der Waals surface area contributed by atoms with E-state index in [1.165, 1.54) is 32.1 Å². The smallest absolute Gasteiger partial charge is 0.308 e. The van der Waals surface area contributed by atoms with Crippen molar-refractivity contribution < 1.29 is 24.0 Å². The van der Waals surface area contributed by atoms with Gasteiger partial charge in [0.25, 0.3) is 0 Å². The fourth-order valence-electron chi connectivity index (χ4n) is 5.66. The molecule has 4 bridgehead atoms. The standard InChI is InChI=1S/C17H24O5/c1-8-15-17(20-15)13(22-21-8)7-14(18)19-16-11-3-9-2-10(5-11)6-12(16)4-9/h8-13,15-17H,2-7H2,1H3/t8-,9?,10?,11?,12?,13+,15+,16?,17-/m1/s1. The van der Waals surface area contributed by atoms with Crippen LogP contribution in [0.3, 0.4) is 0 Å². The van der Waals surface area contributed by atoms with E-state index >= 15 is 0 Å². The fraction of sp³-hybridized carbons (Fsp3) is 0.941. The van der Waals surface area contributed by atoms with E-state index < -0.39 is 0 Å². The molecule has 0 aromatic heterocycles. The molecule has 5 heteroatoms. The molecular weight excluding hydrogens is 284 g/mol. The van der Waals surface area contributed by atoms with E-state index in [1.54, 1.807) is 0 Å². The third kappa shape index (κ3) is 2.21. The van der Waals surface area contributed by atoms with Crippen LogP contribution in [0, 0.1) is 23.7 Å². The number of hydrogen-bond donors (Lipinski definition) is 0. The zero-order chi connectivity index (χ0) is 14.8. The molecule has 2 saturated heterocycles. The van der Waals surface area contributed by atoms with Crippen molar-refractivity contribution in [2.75, 3.05) is 0 Å². The molecule has 4 aliphatic carbocycles. The van der Waals surface area contributed by atoms with Crippen LogP contribution in [-0.4, -0.2) is 36.5 Å². The van der Waals surface area contributed by atoms with Gasteiger partial charge < -0.3 is 9.47 Å². The Morgan fingerprint density at radius 2 is 1.68 bits per heavy atom.